The molecule has 0 aromatic heterocycles. The van der Waals surface area contributed by atoms with Gasteiger partial charge in [0.05, 0.1) is 53.8 Å². The zero-order valence-electron chi connectivity index (χ0n) is 19.3. The highest BCUT2D eigenvalue weighted by Gasteiger charge is 2.61. The minimum atomic E-state index is -1.05. The summed E-state index contributed by atoms with van der Waals surface area (Å²) in [5.41, 5.74) is 1.63. The summed E-state index contributed by atoms with van der Waals surface area (Å²) in [5, 5.41) is 30.0. The zero-order valence-corrected chi connectivity index (χ0v) is 19.3. The lowest BCUT2D eigenvalue weighted by Crippen LogP contribution is -2.64. The molecule has 0 unspecified atom stereocenters. The Labute approximate surface area is 211 Å². The highest BCUT2D eigenvalue weighted by atomic mass is 16.5. The largest absolute Gasteiger partial charge is 0.375 e. The molecule has 178 valence electrons. The summed E-state index contributed by atoms with van der Waals surface area (Å²) in [6, 6.07) is 24.2. The molecule has 10 nitrogen and oxygen atoms in total. The second-order valence-electron chi connectivity index (χ2n) is 8.35. The molecule has 0 aliphatic carbocycles. The molecule has 0 saturated carbocycles. The second kappa shape index (κ2) is 9.27. The maximum absolute atomic E-state index is 13.9. The summed E-state index contributed by atoms with van der Waals surface area (Å²) >= 11 is 0. The molecule has 5 rings (SSSR count). The van der Waals surface area contributed by atoms with Gasteiger partial charge in [-0.15, -0.1) is 0 Å². The average molecular weight is 487 g/mol. The molecular formula is C27H17N7O3. The number of anilines is 3. The van der Waals surface area contributed by atoms with Crippen LogP contribution in [0.1, 0.15) is 16.7 Å². The van der Waals surface area contributed by atoms with Crippen molar-refractivity contribution < 1.29 is 14.3 Å². The first-order valence-corrected chi connectivity index (χ1v) is 11.1. The maximum atomic E-state index is 13.9. The van der Waals surface area contributed by atoms with Gasteiger partial charge in [0.1, 0.15) is 0 Å². The SMILES string of the molecule is N#Cc1ccc(NC(=O)/N=C2\N(c3ccc(C#N)cc3)C(=O)N(c3ccc(C#N)cc3)C23COC3)cc1. The zero-order chi connectivity index (χ0) is 26.0. The molecule has 0 atom stereocenters. The van der Waals surface area contributed by atoms with Crippen molar-refractivity contribution in [1.82, 2.24) is 0 Å². The number of ether oxygens (including phenoxy) is 1. The third-order valence-corrected chi connectivity index (χ3v) is 6.10. The van der Waals surface area contributed by atoms with Crippen molar-refractivity contribution in [2.75, 3.05) is 28.3 Å². The molecule has 0 bridgehead atoms. The highest BCUT2D eigenvalue weighted by molar-refractivity contribution is 6.34. The van der Waals surface area contributed by atoms with E-state index in [1.807, 2.05) is 12.1 Å². The van der Waals surface area contributed by atoms with Gasteiger partial charge in [-0.3, -0.25) is 4.90 Å². The molecule has 10 heteroatoms. The van der Waals surface area contributed by atoms with E-state index in [-0.39, 0.29) is 19.0 Å². The van der Waals surface area contributed by atoms with Crippen molar-refractivity contribution in [3.05, 3.63) is 89.5 Å². The number of aliphatic imine (C=N–C) groups is 1. The van der Waals surface area contributed by atoms with Crippen molar-refractivity contribution in [3.8, 4) is 18.2 Å². The van der Waals surface area contributed by atoms with Gasteiger partial charge in [0.2, 0.25) is 0 Å². The molecule has 4 amide bonds. The van der Waals surface area contributed by atoms with Gasteiger partial charge >= 0.3 is 12.1 Å². The van der Waals surface area contributed by atoms with Gasteiger partial charge in [-0.05, 0) is 72.8 Å². The van der Waals surface area contributed by atoms with E-state index in [4.69, 9.17) is 15.3 Å². The van der Waals surface area contributed by atoms with E-state index in [1.54, 1.807) is 72.8 Å². The summed E-state index contributed by atoms with van der Waals surface area (Å²) < 4.78 is 5.52. The Kier molecular flexibility index (Phi) is 5.83. The van der Waals surface area contributed by atoms with E-state index in [0.717, 1.165) is 0 Å². The summed E-state index contributed by atoms with van der Waals surface area (Å²) in [5.74, 6) is 0.170. The van der Waals surface area contributed by atoms with Crippen LogP contribution in [0.4, 0.5) is 26.7 Å². The van der Waals surface area contributed by atoms with Gasteiger partial charge in [0, 0.05) is 11.4 Å². The summed E-state index contributed by atoms with van der Waals surface area (Å²) in [7, 11) is 0. The van der Waals surface area contributed by atoms with Crippen molar-refractivity contribution in [3.63, 3.8) is 0 Å². The first-order chi connectivity index (χ1) is 18.0. The van der Waals surface area contributed by atoms with Crippen LogP contribution in [0.3, 0.4) is 0 Å². The third kappa shape index (κ3) is 4.02. The van der Waals surface area contributed by atoms with Gasteiger partial charge < -0.3 is 10.1 Å². The summed E-state index contributed by atoms with van der Waals surface area (Å²) in [6.07, 6.45) is 0. The number of hydrogen-bond donors (Lipinski definition) is 1. The fraction of sp³-hybridized carbons (Fsp3) is 0.111. The Morgan fingerprint density at radius 2 is 1.30 bits per heavy atom. The number of amidine groups is 1. The van der Waals surface area contributed by atoms with Crippen molar-refractivity contribution >= 4 is 35.0 Å². The molecule has 3 aromatic carbocycles. The Hall–Kier alpha value is -5.50. The van der Waals surface area contributed by atoms with Gasteiger partial charge in [-0.25, -0.2) is 14.5 Å². The molecular weight excluding hydrogens is 470 g/mol. The first kappa shape index (κ1) is 23.3. The Bertz CT molecular complexity index is 1540. The number of nitrogens with one attached hydrogen (secondary N) is 1. The van der Waals surface area contributed by atoms with Gasteiger partial charge in [0.25, 0.3) is 0 Å². The summed E-state index contributed by atoms with van der Waals surface area (Å²) in [4.78, 5) is 34.1. The van der Waals surface area contributed by atoms with Crippen LogP contribution in [0.25, 0.3) is 0 Å². The monoisotopic (exact) mass is 487 g/mol. The molecule has 1 N–H and O–H groups in total. The smallest absolute Gasteiger partial charge is 0.347 e. The molecule has 37 heavy (non-hydrogen) atoms. The molecule has 2 heterocycles. The van der Waals surface area contributed by atoms with E-state index in [1.165, 1.54) is 9.80 Å². The fourth-order valence-corrected chi connectivity index (χ4v) is 4.23. The molecule has 2 saturated heterocycles. The lowest BCUT2D eigenvalue weighted by Gasteiger charge is -2.43. The lowest BCUT2D eigenvalue weighted by molar-refractivity contribution is -0.0152. The molecule has 3 aromatic rings. The van der Waals surface area contributed by atoms with Crippen LogP contribution in [0.15, 0.2) is 77.8 Å². The standard InChI is InChI=1S/C27H17N7O3/c28-13-18-1-7-21(8-2-18)31-25(35)32-24-27(16-37-17-27)34(23-11-5-20(15-30)6-12-23)26(36)33(24)22-9-3-19(14-29)4-10-22/h1-12H,16-17H2,(H,31,35)/b32-24-. The van der Waals surface area contributed by atoms with Crippen molar-refractivity contribution in [1.29, 1.82) is 15.8 Å². The Balaban J connectivity index is 1.58. The topological polar surface area (TPSA) is 146 Å². The van der Waals surface area contributed by atoms with Crippen LogP contribution in [0, 0.1) is 34.0 Å². The Morgan fingerprint density at radius 1 is 0.811 bits per heavy atom. The molecule has 1 spiro atoms. The lowest BCUT2D eigenvalue weighted by atomic mass is 9.93. The fourth-order valence-electron chi connectivity index (χ4n) is 4.23. The molecule has 0 radical (unpaired) electrons. The number of urea groups is 2. The number of nitrogens with zero attached hydrogens (tertiary/aromatic N) is 6. The maximum Gasteiger partial charge on any atom is 0.347 e. The number of carbonyl (C=O) groups excluding carboxylic acids is 2. The molecule has 2 fully saturated rings. The van der Waals surface area contributed by atoms with Crippen LogP contribution < -0.4 is 15.1 Å². The number of hydrogen-bond acceptors (Lipinski definition) is 6. The highest BCUT2D eigenvalue weighted by Crippen LogP contribution is 2.41. The van der Waals surface area contributed by atoms with E-state index in [9.17, 15) is 14.9 Å². The molecule has 2 aliphatic rings. The minimum absolute atomic E-state index is 0.106. The third-order valence-electron chi connectivity index (χ3n) is 6.10. The quantitative estimate of drug-likeness (QED) is 0.587. The van der Waals surface area contributed by atoms with Crippen LogP contribution >= 0.6 is 0 Å². The minimum Gasteiger partial charge on any atom is -0.375 e. The number of rotatable bonds is 3. The van der Waals surface area contributed by atoms with Crippen LogP contribution in [0.2, 0.25) is 0 Å². The number of benzene rings is 3. The van der Waals surface area contributed by atoms with Crippen molar-refractivity contribution in [2.45, 2.75) is 5.54 Å². The first-order valence-electron chi connectivity index (χ1n) is 11.1. The number of amides is 4. The normalized spacial score (nSPS) is 16.6. The predicted octanol–water partition coefficient (Wildman–Crippen LogP) is 4.15. The second-order valence-corrected chi connectivity index (χ2v) is 8.35. The van der Waals surface area contributed by atoms with E-state index >= 15 is 0 Å². The van der Waals surface area contributed by atoms with Crippen LogP contribution in [-0.2, 0) is 4.74 Å². The Morgan fingerprint density at radius 3 is 1.76 bits per heavy atom. The van der Waals surface area contributed by atoms with Gasteiger partial charge in [-0.1, -0.05) is 0 Å². The number of nitriles is 3. The van der Waals surface area contributed by atoms with Crippen LogP contribution in [0.5, 0.6) is 0 Å². The van der Waals surface area contributed by atoms with Crippen molar-refractivity contribution in [2.24, 2.45) is 4.99 Å². The average Bonchev–Trinajstić information content (AvgIpc) is 3.17. The number of carbonyl (C=O) groups is 2. The van der Waals surface area contributed by atoms with Crippen LogP contribution in [-0.4, -0.2) is 36.7 Å². The van der Waals surface area contributed by atoms with E-state index < -0.39 is 17.6 Å². The van der Waals surface area contributed by atoms with E-state index in [0.29, 0.717) is 33.8 Å². The van der Waals surface area contributed by atoms with E-state index in [2.05, 4.69) is 16.4 Å². The molecule has 2 aliphatic heterocycles. The van der Waals surface area contributed by atoms with Gasteiger partial charge in [0.15, 0.2) is 11.4 Å². The summed E-state index contributed by atoms with van der Waals surface area (Å²) in [6.45, 7) is 0.211. The van der Waals surface area contributed by atoms with Gasteiger partial charge in [-0.2, -0.15) is 20.8 Å². The predicted molar refractivity (Wildman–Crippen MR) is 134 cm³/mol.